The molecule has 0 saturated carbocycles. The number of rotatable bonds is 1. The van der Waals surface area contributed by atoms with Gasteiger partial charge in [0, 0.05) is 17.8 Å². The van der Waals surface area contributed by atoms with E-state index in [2.05, 4.69) is 4.98 Å². The van der Waals surface area contributed by atoms with Crippen molar-refractivity contribution in [1.82, 2.24) is 4.98 Å². The first kappa shape index (κ1) is 10.1. The van der Waals surface area contributed by atoms with Gasteiger partial charge >= 0.3 is 0 Å². The number of hydrogen-bond donors (Lipinski definition) is 0. The lowest BCUT2D eigenvalue weighted by molar-refractivity contribution is 0.624. The number of pyridine rings is 1. The van der Waals surface area contributed by atoms with Gasteiger partial charge in [0.15, 0.2) is 0 Å². The fourth-order valence-electron chi connectivity index (χ4n) is 1.25. The summed E-state index contributed by atoms with van der Waals surface area (Å²) in [6.07, 6.45) is 1.31. The second-order valence-electron chi connectivity index (χ2n) is 2.98. The van der Waals surface area contributed by atoms with E-state index in [0.717, 1.165) is 0 Å². The van der Waals surface area contributed by atoms with Crippen LogP contribution in [0.1, 0.15) is 0 Å². The lowest BCUT2D eigenvalue weighted by atomic mass is 10.1. The molecule has 15 heavy (non-hydrogen) atoms. The van der Waals surface area contributed by atoms with Gasteiger partial charge in [0.05, 0.1) is 10.7 Å². The molecular weight excluding hydrogens is 220 g/mol. The van der Waals surface area contributed by atoms with Crippen LogP contribution in [0, 0.1) is 11.6 Å². The second-order valence-corrected chi connectivity index (χ2v) is 3.39. The highest BCUT2D eigenvalue weighted by Crippen LogP contribution is 2.27. The van der Waals surface area contributed by atoms with Crippen LogP contribution in [-0.4, -0.2) is 4.98 Å². The van der Waals surface area contributed by atoms with Crippen molar-refractivity contribution in [3.63, 3.8) is 0 Å². The summed E-state index contributed by atoms with van der Waals surface area (Å²) in [5.74, 6) is -0.860. The predicted molar refractivity (Wildman–Crippen MR) is 54.6 cm³/mol. The first-order valence-corrected chi connectivity index (χ1v) is 4.61. The topological polar surface area (TPSA) is 12.9 Å². The molecule has 1 nitrogen and oxygen atoms in total. The molecule has 0 N–H and O–H groups in total. The van der Waals surface area contributed by atoms with Crippen LogP contribution in [0.2, 0.25) is 5.02 Å². The van der Waals surface area contributed by atoms with E-state index in [1.54, 1.807) is 0 Å². The van der Waals surface area contributed by atoms with Crippen LogP contribution in [0.15, 0.2) is 36.5 Å². The van der Waals surface area contributed by atoms with Gasteiger partial charge in [-0.05, 0) is 24.3 Å². The van der Waals surface area contributed by atoms with Gasteiger partial charge in [-0.15, -0.1) is 0 Å². The Bertz CT molecular complexity index is 500. The predicted octanol–water partition coefficient (Wildman–Crippen LogP) is 3.68. The van der Waals surface area contributed by atoms with Crippen LogP contribution in [0.4, 0.5) is 8.78 Å². The molecule has 0 amide bonds. The quantitative estimate of drug-likeness (QED) is 0.722. The molecule has 0 aliphatic rings. The maximum atomic E-state index is 13.0. The average Bonchev–Trinajstić information content (AvgIpc) is 2.22. The first-order valence-electron chi connectivity index (χ1n) is 4.24. The summed E-state index contributed by atoms with van der Waals surface area (Å²) in [7, 11) is 0. The van der Waals surface area contributed by atoms with E-state index < -0.39 is 11.6 Å². The maximum Gasteiger partial charge on any atom is 0.126 e. The number of halogens is 3. The lowest BCUT2D eigenvalue weighted by Gasteiger charge is -2.03. The minimum Gasteiger partial charge on any atom is -0.256 e. The van der Waals surface area contributed by atoms with Crippen LogP contribution in [0.3, 0.4) is 0 Å². The van der Waals surface area contributed by atoms with Crippen molar-refractivity contribution >= 4 is 11.6 Å². The maximum absolute atomic E-state index is 13.0. The van der Waals surface area contributed by atoms with Crippen LogP contribution in [0.25, 0.3) is 11.3 Å². The van der Waals surface area contributed by atoms with Gasteiger partial charge in [-0.25, -0.2) is 8.78 Å². The molecule has 0 aliphatic heterocycles. The Labute approximate surface area is 90.3 Å². The standard InChI is InChI=1S/C11H6ClF2N/c12-10-2-1-7(13)5-9(10)11-6-8(14)3-4-15-11/h1-6H. The van der Waals surface area contributed by atoms with Crippen molar-refractivity contribution in [3.05, 3.63) is 53.2 Å². The molecule has 0 saturated heterocycles. The number of nitrogens with zero attached hydrogens (tertiary/aromatic N) is 1. The molecule has 1 heterocycles. The molecular formula is C11H6ClF2N. The van der Waals surface area contributed by atoms with Crippen LogP contribution < -0.4 is 0 Å². The SMILES string of the molecule is Fc1ccnc(-c2cc(F)ccc2Cl)c1. The van der Waals surface area contributed by atoms with E-state index in [0.29, 0.717) is 16.3 Å². The van der Waals surface area contributed by atoms with E-state index in [9.17, 15) is 8.78 Å². The third kappa shape index (κ3) is 2.13. The van der Waals surface area contributed by atoms with Gasteiger partial charge in [-0.3, -0.25) is 4.98 Å². The van der Waals surface area contributed by atoms with Crippen LogP contribution >= 0.6 is 11.6 Å². The van der Waals surface area contributed by atoms with Gasteiger partial charge in [0.25, 0.3) is 0 Å². The van der Waals surface area contributed by atoms with Crippen molar-refractivity contribution in [3.8, 4) is 11.3 Å². The fraction of sp³-hybridized carbons (Fsp3) is 0. The van der Waals surface area contributed by atoms with Crippen molar-refractivity contribution in [2.24, 2.45) is 0 Å². The Morgan fingerprint density at radius 1 is 1.00 bits per heavy atom. The van der Waals surface area contributed by atoms with E-state index in [-0.39, 0.29) is 0 Å². The monoisotopic (exact) mass is 225 g/mol. The number of benzene rings is 1. The summed E-state index contributed by atoms with van der Waals surface area (Å²) in [4.78, 5) is 3.92. The molecule has 0 spiro atoms. The molecule has 76 valence electrons. The summed E-state index contributed by atoms with van der Waals surface area (Å²) in [6, 6.07) is 6.31. The molecule has 0 atom stereocenters. The third-order valence-electron chi connectivity index (χ3n) is 1.93. The van der Waals surface area contributed by atoms with Gasteiger partial charge in [-0.1, -0.05) is 11.6 Å². The molecule has 0 radical (unpaired) electrons. The Morgan fingerprint density at radius 3 is 2.47 bits per heavy atom. The zero-order chi connectivity index (χ0) is 10.8. The van der Waals surface area contributed by atoms with Crippen molar-refractivity contribution in [2.45, 2.75) is 0 Å². The van der Waals surface area contributed by atoms with Gasteiger partial charge in [0.2, 0.25) is 0 Å². The third-order valence-corrected chi connectivity index (χ3v) is 2.26. The summed E-state index contributed by atoms with van der Waals surface area (Å²) in [5.41, 5.74) is 0.704. The molecule has 4 heteroatoms. The molecule has 2 rings (SSSR count). The summed E-state index contributed by atoms with van der Waals surface area (Å²) >= 11 is 5.85. The largest absolute Gasteiger partial charge is 0.256 e. The summed E-state index contributed by atoms with van der Waals surface area (Å²) < 4.78 is 25.9. The number of hydrogen-bond acceptors (Lipinski definition) is 1. The summed E-state index contributed by atoms with van der Waals surface area (Å²) in [6.45, 7) is 0. The van der Waals surface area contributed by atoms with Crippen molar-refractivity contribution in [1.29, 1.82) is 0 Å². The smallest absolute Gasteiger partial charge is 0.126 e. The highest BCUT2D eigenvalue weighted by Gasteiger charge is 2.06. The Kier molecular flexibility index (Phi) is 2.64. The zero-order valence-electron chi connectivity index (χ0n) is 7.55. The van der Waals surface area contributed by atoms with Gasteiger partial charge in [-0.2, -0.15) is 0 Å². The highest BCUT2D eigenvalue weighted by atomic mass is 35.5. The van der Waals surface area contributed by atoms with E-state index in [1.807, 2.05) is 0 Å². The molecule has 1 aromatic carbocycles. The second kappa shape index (κ2) is 3.95. The Morgan fingerprint density at radius 2 is 1.73 bits per heavy atom. The molecule has 2 aromatic rings. The molecule has 1 aromatic heterocycles. The zero-order valence-corrected chi connectivity index (χ0v) is 8.30. The van der Waals surface area contributed by atoms with Crippen molar-refractivity contribution < 1.29 is 8.78 Å². The fourth-order valence-corrected chi connectivity index (χ4v) is 1.46. The molecule has 0 unspecified atom stereocenters. The normalized spacial score (nSPS) is 10.3. The average molecular weight is 226 g/mol. The Balaban J connectivity index is 2.58. The Hall–Kier alpha value is -1.48. The molecule has 0 aliphatic carbocycles. The van der Waals surface area contributed by atoms with Gasteiger partial charge < -0.3 is 0 Å². The first-order chi connectivity index (χ1) is 7.16. The van der Waals surface area contributed by atoms with Gasteiger partial charge in [0.1, 0.15) is 11.6 Å². The lowest BCUT2D eigenvalue weighted by Crippen LogP contribution is -1.87. The summed E-state index contributed by atoms with van der Waals surface area (Å²) in [5, 5.41) is 0.342. The van der Waals surface area contributed by atoms with Crippen LogP contribution in [0.5, 0.6) is 0 Å². The van der Waals surface area contributed by atoms with Crippen molar-refractivity contribution in [2.75, 3.05) is 0 Å². The minimum atomic E-state index is -0.430. The highest BCUT2D eigenvalue weighted by molar-refractivity contribution is 6.33. The molecule has 0 bridgehead atoms. The van der Waals surface area contributed by atoms with E-state index in [1.165, 1.54) is 36.5 Å². The molecule has 0 fully saturated rings. The number of aromatic nitrogens is 1. The van der Waals surface area contributed by atoms with E-state index >= 15 is 0 Å². The van der Waals surface area contributed by atoms with Crippen LogP contribution in [-0.2, 0) is 0 Å². The van der Waals surface area contributed by atoms with E-state index in [4.69, 9.17) is 11.6 Å². The minimum absolute atomic E-state index is 0.319.